The number of carbonyl (C=O) groups is 1. The van der Waals surface area contributed by atoms with Crippen LogP contribution < -0.4 is 10.0 Å². The van der Waals surface area contributed by atoms with Crippen molar-refractivity contribution in [2.75, 3.05) is 5.32 Å². The number of amides is 1. The van der Waals surface area contributed by atoms with Gasteiger partial charge in [0.15, 0.2) is 0 Å². The number of rotatable bonds is 8. The predicted octanol–water partition coefficient (Wildman–Crippen LogP) is 4.48. The van der Waals surface area contributed by atoms with E-state index >= 15 is 0 Å². The van der Waals surface area contributed by atoms with E-state index in [4.69, 9.17) is 0 Å². The zero-order valence-electron chi connectivity index (χ0n) is 17.4. The van der Waals surface area contributed by atoms with Gasteiger partial charge in [0, 0.05) is 5.69 Å². The number of hydrogen-bond acceptors (Lipinski definition) is 3. The van der Waals surface area contributed by atoms with Crippen LogP contribution in [-0.4, -0.2) is 20.4 Å². The molecule has 5 nitrogen and oxygen atoms in total. The molecule has 1 atom stereocenters. The smallest absolute Gasteiger partial charge is 0.242 e. The van der Waals surface area contributed by atoms with Gasteiger partial charge in [-0.25, -0.2) is 12.8 Å². The van der Waals surface area contributed by atoms with Crippen molar-refractivity contribution in [1.82, 2.24) is 4.72 Å². The Bertz CT molecular complexity index is 1110. The summed E-state index contributed by atoms with van der Waals surface area (Å²) in [4.78, 5) is 12.9. The fourth-order valence-electron chi connectivity index (χ4n) is 3.09. The van der Waals surface area contributed by atoms with Crippen LogP contribution in [0, 0.1) is 5.82 Å². The van der Waals surface area contributed by atoms with Gasteiger partial charge < -0.3 is 5.32 Å². The third kappa shape index (κ3) is 6.23. The Morgan fingerprint density at radius 2 is 1.52 bits per heavy atom. The lowest BCUT2D eigenvalue weighted by atomic mass is 10.0. The molecule has 0 unspecified atom stereocenters. The molecule has 0 radical (unpaired) electrons. The average molecular weight is 441 g/mol. The van der Waals surface area contributed by atoms with Crippen molar-refractivity contribution >= 4 is 21.6 Å². The van der Waals surface area contributed by atoms with E-state index in [1.165, 1.54) is 12.1 Å². The Labute approximate surface area is 182 Å². The first-order chi connectivity index (χ1) is 14.7. The van der Waals surface area contributed by atoms with Gasteiger partial charge >= 0.3 is 0 Å². The predicted molar refractivity (Wildman–Crippen MR) is 120 cm³/mol. The van der Waals surface area contributed by atoms with Crippen molar-refractivity contribution < 1.29 is 17.6 Å². The molecular formula is C24H25FN2O3S. The van der Waals surface area contributed by atoms with Gasteiger partial charge in [-0.1, -0.05) is 56.3 Å². The summed E-state index contributed by atoms with van der Waals surface area (Å²) in [7, 11) is -4.03. The highest BCUT2D eigenvalue weighted by Gasteiger charge is 2.26. The van der Waals surface area contributed by atoms with Crippen LogP contribution in [0.3, 0.4) is 0 Å². The molecule has 1 amide bonds. The number of hydrogen-bond donors (Lipinski definition) is 2. The van der Waals surface area contributed by atoms with E-state index in [2.05, 4.69) is 23.9 Å². The third-order valence-corrected chi connectivity index (χ3v) is 6.35. The SMILES string of the molecule is CC(C)c1ccc(NC(=O)[C@H](Cc2ccccc2)NS(=O)(=O)c2ccc(F)cc2)cc1. The van der Waals surface area contributed by atoms with Gasteiger partial charge in [-0.05, 0) is 59.9 Å². The van der Waals surface area contributed by atoms with Crippen molar-refractivity contribution in [3.63, 3.8) is 0 Å². The number of halogens is 1. The Balaban J connectivity index is 1.83. The fraction of sp³-hybridized carbons (Fsp3) is 0.208. The van der Waals surface area contributed by atoms with Gasteiger partial charge in [0.2, 0.25) is 15.9 Å². The largest absolute Gasteiger partial charge is 0.325 e. The molecular weight excluding hydrogens is 415 g/mol. The van der Waals surface area contributed by atoms with Crippen molar-refractivity contribution in [2.24, 2.45) is 0 Å². The summed E-state index contributed by atoms with van der Waals surface area (Å²) in [6.07, 6.45) is 0.164. The normalized spacial score (nSPS) is 12.5. The van der Waals surface area contributed by atoms with Crippen LogP contribution in [0.1, 0.15) is 30.9 Å². The van der Waals surface area contributed by atoms with E-state index in [1.807, 2.05) is 42.5 Å². The molecule has 0 aromatic heterocycles. The summed E-state index contributed by atoms with van der Waals surface area (Å²) in [5, 5.41) is 2.79. The molecule has 0 spiro atoms. The molecule has 2 N–H and O–H groups in total. The van der Waals surface area contributed by atoms with Crippen LogP contribution in [-0.2, 0) is 21.2 Å². The number of benzene rings is 3. The van der Waals surface area contributed by atoms with Crippen LogP contribution in [0.25, 0.3) is 0 Å². The average Bonchev–Trinajstić information content (AvgIpc) is 2.74. The summed E-state index contributed by atoms with van der Waals surface area (Å²) in [6.45, 7) is 4.15. The summed E-state index contributed by atoms with van der Waals surface area (Å²) in [5.41, 5.74) is 2.52. The lowest BCUT2D eigenvalue weighted by molar-refractivity contribution is -0.117. The highest BCUT2D eigenvalue weighted by molar-refractivity contribution is 7.89. The molecule has 7 heteroatoms. The molecule has 0 saturated heterocycles. The first-order valence-corrected chi connectivity index (χ1v) is 11.5. The minimum absolute atomic E-state index is 0.110. The molecule has 3 rings (SSSR count). The molecule has 0 aliphatic heterocycles. The number of sulfonamides is 1. The Morgan fingerprint density at radius 3 is 2.10 bits per heavy atom. The van der Waals surface area contributed by atoms with Gasteiger partial charge in [0.05, 0.1) is 4.90 Å². The van der Waals surface area contributed by atoms with Crippen molar-refractivity contribution in [2.45, 2.75) is 37.1 Å². The lowest BCUT2D eigenvalue weighted by Gasteiger charge is -2.19. The Hall–Kier alpha value is -3.03. The minimum Gasteiger partial charge on any atom is -0.325 e. The minimum atomic E-state index is -4.03. The third-order valence-electron chi connectivity index (χ3n) is 4.87. The van der Waals surface area contributed by atoms with Crippen LogP contribution in [0.15, 0.2) is 83.8 Å². The second-order valence-electron chi connectivity index (χ2n) is 7.58. The van der Waals surface area contributed by atoms with Gasteiger partial charge in [-0.2, -0.15) is 4.72 Å². The lowest BCUT2D eigenvalue weighted by Crippen LogP contribution is -2.45. The fourth-order valence-corrected chi connectivity index (χ4v) is 4.28. The van der Waals surface area contributed by atoms with Gasteiger partial charge in [0.25, 0.3) is 0 Å². The molecule has 0 bridgehead atoms. The van der Waals surface area contributed by atoms with Gasteiger partial charge in [-0.3, -0.25) is 4.79 Å². The summed E-state index contributed by atoms with van der Waals surface area (Å²) < 4.78 is 41.3. The topological polar surface area (TPSA) is 75.3 Å². The quantitative estimate of drug-likeness (QED) is 0.542. The number of anilines is 1. The molecule has 162 valence electrons. The molecule has 3 aromatic carbocycles. The first-order valence-electron chi connectivity index (χ1n) is 9.97. The summed E-state index contributed by atoms with van der Waals surface area (Å²) in [6, 6.07) is 20.0. The maximum absolute atomic E-state index is 13.2. The van der Waals surface area contributed by atoms with Gasteiger partial charge in [0.1, 0.15) is 11.9 Å². The monoisotopic (exact) mass is 440 g/mol. The van der Waals surface area contributed by atoms with E-state index in [9.17, 15) is 17.6 Å². The van der Waals surface area contributed by atoms with E-state index in [1.54, 1.807) is 12.1 Å². The van der Waals surface area contributed by atoms with E-state index in [-0.39, 0.29) is 11.3 Å². The van der Waals surface area contributed by atoms with Crippen molar-refractivity contribution in [3.8, 4) is 0 Å². The van der Waals surface area contributed by atoms with Crippen molar-refractivity contribution in [1.29, 1.82) is 0 Å². The Morgan fingerprint density at radius 1 is 0.903 bits per heavy atom. The zero-order valence-corrected chi connectivity index (χ0v) is 18.2. The van der Waals surface area contributed by atoms with E-state index in [0.29, 0.717) is 11.6 Å². The van der Waals surface area contributed by atoms with Crippen molar-refractivity contribution in [3.05, 3.63) is 95.8 Å². The Kier molecular flexibility index (Phi) is 7.20. The zero-order chi connectivity index (χ0) is 22.4. The molecule has 0 saturated carbocycles. The molecule has 0 heterocycles. The molecule has 0 fully saturated rings. The van der Waals surface area contributed by atoms with Gasteiger partial charge in [-0.15, -0.1) is 0 Å². The standard InChI is InChI=1S/C24H25FN2O3S/c1-17(2)19-8-12-21(13-9-19)26-24(28)23(16-18-6-4-3-5-7-18)27-31(29,30)22-14-10-20(25)11-15-22/h3-15,17,23,27H,16H2,1-2H3,(H,26,28)/t23-/m0/s1. The van der Waals surface area contributed by atoms with Crippen LogP contribution in [0.2, 0.25) is 0 Å². The maximum Gasteiger partial charge on any atom is 0.242 e. The second-order valence-corrected chi connectivity index (χ2v) is 9.30. The first kappa shape index (κ1) is 22.7. The summed E-state index contributed by atoms with van der Waals surface area (Å²) in [5.74, 6) is -0.660. The highest BCUT2D eigenvalue weighted by atomic mass is 32.2. The molecule has 0 aliphatic carbocycles. The van der Waals surface area contributed by atoms with E-state index < -0.39 is 27.8 Å². The molecule has 0 aliphatic rings. The second kappa shape index (κ2) is 9.85. The van der Waals surface area contributed by atoms with Crippen LogP contribution in [0.4, 0.5) is 10.1 Å². The van der Waals surface area contributed by atoms with Crippen LogP contribution in [0.5, 0.6) is 0 Å². The highest BCUT2D eigenvalue weighted by Crippen LogP contribution is 2.18. The number of carbonyl (C=O) groups excluding carboxylic acids is 1. The molecule has 31 heavy (non-hydrogen) atoms. The van der Waals surface area contributed by atoms with Crippen LogP contribution >= 0.6 is 0 Å². The molecule has 3 aromatic rings. The maximum atomic E-state index is 13.2. The number of nitrogens with one attached hydrogen (secondary N) is 2. The summed E-state index contributed by atoms with van der Waals surface area (Å²) >= 11 is 0. The van der Waals surface area contributed by atoms with E-state index in [0.717, 1.165) is 23.3 Å².